The van der Waals surface area contributed by atoms with Crippen LogP contribution in [0, 0.1) is 5.92 Å². The van der Waals surface area contributed by atoms with E-state index in [1.165, 1.54) is 0 Å². The average Bonchev–Trinajstić information content (AvgIpc) is 2.97. The molecule has 3 heterocycles. The van der Waals surface area contributed by atoms with Crippen molar-refractivity contribution in [1.29, 1.82) is 0 Å². The fraction of sp³-hybridized carbons (Fsp3) is 0.800. The van der Waals surface area contributed by atoms with E-state index in [1.54, 1.807) is 6.33 Å². The Bertz CT molecular complexity index is 532. The minimum absolute atomic E-state index is 0.0662. The molecule has 0 bridgehead atoms. The van der Waals surface area contributed by atoms with Gasteiger partial charge in [0, 0.05) is 19.6 Å². The normalized spacial score (nSPS) is 27.2. The summed E-state index contributed by atoms with van der Waals surface area (Å²) < 4.78 is 2.00. The van der Waals surface area contributed by atoms with Crippen LogP contribution in [0.4, 0.5) is 0 Å². The Morgan fingerprint density at radius 2 is 2.14 bits per heavy atom. The molecule has 2 atom stereocenters. The number of amides is 1. The number of likely N-dealkylation sites (N-methyl/N-ethyl adjacent to an activating group) is 1. The second-order valence-corrected chi connectivity index (χ2v) is 7.26. The number of rotatable bonds is 2. The van der Waals surface area contributed by atoms with Crippen molar-refractivity contribution in [3.63, 3.8) is 0 Å². The number of hydrogen-bond donors (Lipinski definition) is 0. The van der Waals surface area contributed by atoms with Gasteiger partial charge >= 0.3 is 0 Å². The second-order valence-electron chi connectivity index (χ2n) is 7.26. The quantitative estimate of drug-likeness (QED) is 0.818. The number of piperidine rings is 1. The van der Waals surface area contributed by atoms with Crippen molar-refractivity contribution >= 4 is 5.91 Å². The molecule has 1 aromatic rings. The maximum absolute atomic E-state index is 12.2. The molecule has 6 nitrogen and oxygen atoms in total. The van der Waals surface area contributed by atoms with Crippen LogP contribution in [0.2, 0.25) is 0 Å². The van der Waals surface area contributed by atoms with Crippen molar-refractivity contribution in [2.45, 2.75) is 51.7 Å². The van der Waals surface area contributed by atoms with Crippen LogP contribution >= 0.6 is 0 Å². The lowest BCUT2D eigenvalue weighted by Gasteiger charge is -2.36. The first-order chi connectivity index (χ1) is 9.88. The molecular formula is C15H25N5O. The molecule has 0 unspecified atom stereocenters. The molecule has 2 saturated heterocycles. The van der Waals surface area contributed by atoms with Crippen LogP contribution in [-0.2, 0) is 16.9 Å². The largest absolute Gasteiger partial charge is 0.344 e. The summed E-state index contributed by atoms with van der Waals surface area (Å²) in [6.07, 6.45) is 3.74. The SMILES string of the molecule is CN1C[C@@H]2[C@@H](CCCN2Cc2ncnn2C(C)(C)C)C1=O. The average molecular weight is 291 g/mol. The van der Waals surface area contributed by atoms with Crippen LogP contribution in [0.15, 0.2) is 6.33 Å². The summed E-state index contributed by atoms with van der Waals surface area (Å²) in [5.74, 6) is 1.47. The zero-order valence-corrected chi connectivity index (χ0v) is 13.4. The standard InChI is InChI=1S/C15H25N5O/c1-15(2,3)20-13(16-10-17-20)9-19-7-5-6-11-12(19)8-18(4)14(11)21/h10-12H,5-9H2,1-4H3/t11-,12-/m1/s1. The Balaban J connectivity index is 1.79. The zero-order chi connectivity index (χ0) is 15.2. The Kier molecular flexibility index (Phi) is 3.51. The fourth-order valence-electron chi connectivity index (χ4n) is 3.62. The summed E-state index contributed by atoms with van der Waals surface area (Å²) >= 11 is 0. The van der Waals surface area contributed by atoms with Gasteiger partial charge in [0.05, 0.1) is 18.0 Å². The summed E-state index contributed by atoms with van der Waals surface area (Å²) in [5, 5.41) is 4.37. The molecule has 2 aliphatic rings. The first-order valence-corrected chi connectivity index (χ1v) is 7.76. The number of nitrogens with zero attached hydrogens (tertiary/aromatic N) is 5. The maximum Gasteiger partial charge on any atom is 0.227 e. The number of carbonyl (C=O) groups is 1. The molecule has 1 amide bonds. The van der Waals surface area contributed by atoms with Gasteiger partial charge in [0.25, 0.3) is 0 Å². The van der Waals surface area contributed by atoms with E-state index in [1.807, 2.05) is 16.6 Å². The van der Waals surface area contributed by atoms with Gasteiger partial charge in [0.1, 0.15) is 12.2 Å². The van der Waals surface area contributed by atoms with Crippen molar-refractivity contribution in [2.24, 2.45) is 5.92 Å². The minimum Gasteiger partial charge on any atom is -0.344 e. The predicted octanol–water partition coefficient (Wildman–Crippen LogP) is 1.09. The maximum atomic E-state index is 12.2. The minimum atomic E-state index is -0.0662. The van der Waals surface area contributed by atoms with Crippen LogP contribution in [0.1, 0.15) is 39.4 Å². The van der Waals surface area contributed by atoms with Crippen molar-refractivity contribution in [3.8, 4) is 0 Å². The number of carbonyl (C=O) groups excluding carboxylic acids is 1. The molecule has 2 fully saturated rings. The van der Waals surface area contributed by atoms with E-state index < -0.39 is 0 Å². The lowest BCUT2D eigenvalue weighted by molar-refractivity contribution is -0.130. The second kappa shape index (κ2) is 5.09. The van der Waals surface area contributed by atoms with Crippen LogP contribution < -0.4 is 0 Å². The number of aromatic nitrogens is 3. The molecule has 0 radical (unpaired) electrons. The molecule has 21 heavy (non-hydrogen) atoms. The Labute approximate surface area is 126 Å². The highest BCUT2D eigenvalue weighted by Crippen LogP contribution is 2.32. The third-order valence-electron chi connectivity index (χ3n) is 4.65. The number of likely N-dealkylation sites (tertiary alicyclic amines) is 2. The Hall–Kier alpha value is -1.43. The summed E-state index contributed by atoms with van der Waals surface area (Å²) in [7, 11) is 1.91. The highest BCUT2D eigenvalue weighted by atomic mass is 16.2. The molecular weight excluding hydrogens is 266 g/mol. The Morgan fingerprint density at radius 1 is 1.38 bits per heavy atom. The molecule has 0 spiro atoms. The molecule has 0 aromatic carbocycles. The van der Waals surface area contributed by atoms with E-state index in [0.29, 0.717) is 11.9 Å². The first kappa shape index (κ1) is 14.5. The third-order valence-corrected chi connectivity index (χ3v) is 4.65. The van der Waals surface area contributed by atoms with Gasteiger partial charge in [-0.3, -0.25) is 9.69 Å². The number of hydrogen-bond acceptors (Lipinski definition) is 4. The molecule has 0 N–H and O–H groups in total. The van der Waals surface area contributed by atoms with Crippen LogP contribution in [0.25, 0.3) is 0 Å². The van der Waals surface area contributed by atoms with E-state index in [0.717, 1.165) is 38.3 Å². The van der Waals surface area contributed by atoms with Gasteiger partial charge in [-0.1, -0.05) is 0 Å². The topological polar surface area (TPSA) is 54.3 Å². The van der Waals surface area contributed by atoms with Gasteiger partial charge in [-0.05, 0) is 40.2 Å². The van der Waals surface area contributed by atoms with Gasteiger partial charge in [-0.25, -0.2) is 9.67 Å². The van der Waals surface area contributed by atoms with Gasteiger partial charge in [0.2, 0.25) is 5.91 Å². The predicted molar refractivity (Wildman–Crippen MR) is 79.6 cm³/mol. The van der Waals surface area contributed by atoms with E-state index in [-0.39, 0.29) is 11.5 Å². The highest BCUT2D eigenvalue weighted by molar-refractivity contribution is 5.81. The van der Waals surface area contributed by atoms with E-state index in [9.17, 15) is 4.79 Å². The lowest BCUT2D eigenvalue weighted by Crippen LogP contribution is -2.45. The Morgan fingerprint density at radius 3 is 2.86 bits per heavy atom. The fourth-order valence-corrected chi connectivity index (χ4v) is 3.62. The van der Waals surface area contributed by atoms with Crippen molar-refractivity contribution in [3.05, 3.63) is 12.2 Å². The summed E-state index contributed by atoms with van der Waals surface area (Å²) in [6, 6.07) is 0.335. The van der Waals surface area contributed by atoms with Gasteiger partial charge in [-0.15, -0.1) is 0 Å². The van der Waals surface area contributed by atoms with Crippen LogP contribution in [0.3, 0.4) is 0 Å². The summed E-state index contributed by atoms with van der Waals surface area (Å²) in [5.41, 5.74) is -0.0662. The smallest absolute Gasteiger partial charge is 0.227 e. The summed E-state index contributed by atoms with van der Waals surface area (Å²) in [4.78, 5) is 20.9. The molecule has 0 aliphatic carbocycles. The lowest BCUT2D eigenvalue weighted by atomic mass is 9.91. The molecule has 0 saturated carbocycles. The van der Waals surface area contributed by atoms with Crippen LogP contribution in [-0.4, -0.2) is 56.7 Å². The van der Waals surface area contributed by atoms with E-state index >= 15 is 0 Å². The van der Waals surface area contributed by atoms with Crippen LogP contribution in [0.5, 0.6) is 0 Å². The van der Waals surface area contributed by atoms with Gasteiger partial charge in [0.15, 0.2) is 0 Å². The van der Waals surface area contributed by atoms with Crippen molar-refractivity contribution < 1.29 is 4.79 Å². The van der Waals surface area contributed by atoms with Gasteiger partial charge < -0.3 is 4.90 Å². The molecule has 1 aromatic heterocycles. The summed E-state index contributed by atoms with van der Waals surface area (Å²) in [6.45, 7) is 9.07. The molecule has 2 aliphatic heterocycles. The monoisotopic (exact) mass is 291 g/mol. The molecule has 6 heteroatoms. The number of fused-ring (bicyclic) bond motifs is 1. The van der Waals surface area contributed by atoms with Gasteiger partial charge in [-0.2, -0.15) is 5.10 Å². The van der Waals surface area contributed by atoms with Crippen molar-refractivity contribution in [1.82, 2.24) is 24.6 Å². The third kappa shape index (κ3) is 2.57. The zero-order valence-electron chi connectivity index (χ0n) is 13.4. The first-order valence-electron chi connectivity index (χ1n) is 7.76. The highest BCUT2D eigenvalue weighted by Gasteiger charge is 2.43. The molecule has 3 rings (SSSR count). The van der Waals surface area contributed by atoms with E-state index in [4.69, 9.17) is 0 Å². The van der Waals surface area contributed by atoms with Crippen molar-refractivity contribution in [2.75, 3.05) is 20.1 Å². The van der Waals surface area contributed by atoms with E-state index in [2.05, 4.69) is 35.8 Å². The molecule has 116 valence electrons.